The van der Waals surface area contributed by atoms with E-state index in [2.05, 4.69) is 9.88 Å². The van der Waals surface area contributed by atoms with Crippen LogP contribution in [-0.4, -0.2) is 29.1 Å². The Balaban J connectivity index is 1.94. The summed E-state index contributed by atoms with van der Waals surface area (Å²) >= 11 is 0. The van der Waals surface area contributed by atoms with Gasteiger partial charge in [0.2, 0.25) is 0 Å². The second-order valence-electron chi connectivity index (χ2n) is 3.70. The first kappa shape index (κ1) is 9.40. The van der Waals surface area contributed by atoms with Gasteiger partial charge < -0.3 is 5.73 Å². The third kappa shape index (κ3) is 2.20. The van der Waals surface area contributed by atoms with Crippen LogP contribution in [0.25, 0.3) is 0 Å². The van der Waals surface area contributed by atoms with Gasteiger partial charge in [-0.15, -0.1) is 0 Å². The summed E-state index contributed by atoms with van der Waals surface area (Å²) in [5, 5.41) is 0. The van der Waals surface area contributed by atoms with Gasteiger partial charge in [-0.3, -0.25) is 9.88 Å². The molecule has 2 rings (SSSR count). The molecule has 3 nitrogen and oxygen atoms in total. The van der Waals surface area contributed by atoms with E-state index in [0.29, 0.717) is 18.7 Å². The Morgan fingerprint density at radius 1 is 1.57 bits per heavy atom. The molecule has 0 radical (unpaired) electrons. The molecule has 0 saturated carbocycles. The van der Waals surface area contributed by atoms with E-state index in [1.54, 1.807) is 6.20 Å². The Morgan fingerprint density at radius 2 is 2.43 bits per heavy atom. The Morgan fingerprint density at radius 3 is 3.00 bits per heavy atom. The molecule has 0 amide bonds. The molecule has 1 aliphatic heterocycles. The summed E-state index contributed by atoms with van der Waals surface area (Å²) in [6.45, 7) is 2.08. The van der Waals surface area contributed by atoms with Crippen molar-refractivity contribution in [1.82, 2.24) is 9.88 Å². The van der Waals surface area contributed by atoms with Crippen molar-refractivity contribution in [2.75, 3.05) is 18.8 Å². The molecular weight excluding hydrogens is 181 g/mol. The van der Waals surface area contributed by atoms with Crippen molar-refractivity contribution >= 4 is 5.69 Å². The second kappa shape index (κ2) is 3.92. The van der Waals surface area contributed by atoms with Gasteiger partial charge in [0.1, 0.15) is 6.17 Å². The van der Waals surface area contributed by atoms with Crippen LogP contribution in [0.1, 0.15) is 12.1 Å². The van der Waals surface area contributed by atoms with Crippen LogP contribution in [0.15, 0.2) is 18.3 Å². The smallest absolute Gasteiger partial charge is 0.114 e. The second-order valence-corrected chi connectivity index (χ2v) is 3.70. The van der Waals surface area contributed by atoms with E-state index in [9.17, 15) is 4.39 Å². The Kier molecular flexibility index (Phi) is 2.63. The minimum atomic E-state index is -0.663. The van der Waals surface area contributed by atoms with Gasteiger partial charge in [-0.05, 0) is 18.6 Å². The van der Waals surface area contributed by atoms with Gasteiger partial charge >= 0.3 is 0 Å². The molecule has 0 spiro atoms. The summed E-state index contributed by atoms with van der Waals surface area (Å²) in [6.07, 6.45) is 1.62. The van der Waals surface area contributed by atoms with Crippen molar-refractivity contribution in [3.05, 3.63) is 24.0 Å². The maximum Gasteiger partial charge on any atom is 0.114 e. The first-order chi connectivity index (χ1) is 6.74. The lowest BCUT2D eigenvalue weighted by Crippen LogP contribution is -2.20. The first-order valence-electron chi connectivity index (χ1n) is 4.81. The normalized spacial score (nSPS) is 22.8. The SMILES string of the molecule is Nc1ccc(CN2CC[C@H](F)C2)nc1. The van der Waals surface area contributed by atoms with E-state index in [1.165, 1.54) is 0 Å². The highest BCUT2D eigenvalue weighted by Crippen LogP contribution is 2.14. The molecule has 0 aromatic carbocycles. The summed E-state index contributed by atoms with van der Waals surface area (Å²) in [7, 11) is 0. The van der Waals surface area contributed by atoms with Crippen molar-refractivity contribution in [3.63, 3.8) is 0 Å². The highest BCUT2D eigenvalue weighted by atomic mass is 19.1. The molecule has 1 atom stereocenters. The Labute approximate surface area is 82.7 Å². The minimum absolute atomic E-state index is 0.534. The van der Waals surface area contributed by atoms with E-state index in [0.717, 1.165) is 18.8 Å². The molecule has 1 aromatic rings. The fourth-order valence-corrected chi connectivity index (χ4v) is 1.69. The van der Waals surface area contributed by atoms with Crippen LogP contribution < -0.4 is 5.73 Å². The van der Waals surface area contributed by atoms with E-state index in [4.69, 9.17) is 5.73 Å². The van der Waals surface area contributed by atoms with Crippen molar-refractivity contribution in [3.8, 4) is 0 Å². The number of aromatic nitrogens is 1. The summed E-state index contributed by atoms with van der Waals surface area (Å²) in [6, 6.07) is 3.71. The molecule has 1 saturated heterocycles. The zero-order valence-corrected chi connectivity index (χ0v) is 7.99. The lowest BCUT2D eigenvalue weighted by Gasteiger charge is -2.13. The monoisotopic (exact) mass is 195 g/mol. The first-order valence-corrected chi connectivity index (χ1v) is 4.81. The topological polar surface area (TPSA) is 42.1 Å². The molecule has 1 fully saturated rings. The highest BCUT2D eigenvalue weighted by Gasteiger charge is 2.21. The number of hydrogen-bond donors (Lipinski definition) is 1. The van der Waals surface area contributed by atoms with E-state index in [1.807, 2.05) is 12.1 Å². The van der Waals surface area contributed by atoms with Crippen molar-refractivity contribution < 1.29 is 4.39 Å². The van der Waals surface area contributed by atoms with Crippen molar-refractivity contribution in [1.29, 1.82) is 0 Å². The largest absolute Gasteiger partial charge is 0.397 e. The van der Waals surface area contributed by atoms with Crippen LogP contribution >= 0.6 is 0 Å². The number of nitrogens with zero attached hydrogens (tertiary/aromatic N) is 2. The fourth-order valence-electron chi connectivity index (χ4n) is 1.69. The number of nitrogens with two attached hydrogens (primary N) is 1. The summed E-state index contributed by atoms with van der Waals surface area (Å²) < 4.78 is 12.9. The molecule has 0 aliphatic carbocycles. The molecule has 2 N–H and O–H groups in total. The highest BCUT2D eigenvalue weighted by molar-refractivity contribution is 5.34. The molecule has 2 heterocycles. The van der Waals surface area contributed by atoms with Crippen LogP contribution in [0.4, 0.5) is 10.1 Å². The number of likely N-dealkylation sites (tertiary alicyclic amines) is 1. The maximum atomic E-state index is 12.9. The van der Waals surface area contributed by atoms with E-state index < -0.39 is 6.17 Å². The molecule has 1 aliphatic rings. The zero-order chi connectivity index (χ0) is 9.97. The number of rotatable bonds is 2. The Hall–Kier alpha value is -1.16. The summed E-state index contributed by atoms with van der Waals surface area (Å²) in [5.41, 5.74) is 7.14. The number of anilines is 1. The third-order valence-electron chi connectivity index (χ3n) is 2.45. The fraction of sp³-hybridized carbons (Fsp3) is 0.500. The third-order valence-corrected chi connectivity index (χ3v) is 2.45. The molecule has 1 aromatic heterocycles. The number of pyridine rings is 1. The van der Waals surface area contributed by atoms with Gasteiger partial charge in [0.15, 0.2) is 0 Å². The van der Waals surface area contributed by atoms with Crippen molar-refractivity contribution in [2.24, 2.45) is 0 Å². The van der Waals surface area contributed by atoms with Gasteiger partial charge in [-0.1, -0.05) is 0 Å². The van der Waals surface area contributed by atoms with Crippen LogP contribution in [-0.2, 0) is 6.54 Å². The lowest BCUT2D eigenvalue weighted by molar-refractivity contribution is 0.280. The van der Waals surface area contributed by atoms with Gasteiger partial charge in [0.05, 0.1) is 17.6 Å². The van der Waals surface area contributed by atoms with Crippen LogP contribution in [0, 0.1) is 0 Å². The molecule has 76 valence electrons. The van der Waals surface area contributed by atoms with E-state index >= 15 is 0 Å². The standard InChI is InChI=1S/C10H14FN3/c11-8-3-4-14(6-8)7-10-2-1-9(12)5-13-10/h1-2,5,8H,3-4,6-7,12H2/t8-/m0/s1. The minimum Gasteiger partial charge on any atom is -0.397 e. The van der Waals surface area contributed by atoms with Crippen LogP contribution in [0.5, 0.6) is 0 Å². The van der Waals surface area contributed by atoms with Crippen molar-refractivity contribution in [2.45, 2.75) is 19.1 Å². The quantitative estimate of drug-likeness (QED) is 0.771. The zero-order valence-electron chi connectivity index (χ0n) is 7.99. The average Bonchev–Trinajstić information content (AvgIpc) is 2.56. The molecule has 14 heavy (non-hydrogen) atoms. The van der Waals surface area contributed by atoms with Gasteiger partial charge in [0, 0.05) is 19.6 Å². The Bertz CT molecular complexity index is 299. The molecule has 0 unspecified atom stereocenters. The van der Waals surface area contributed by atoms with Gasteiger partial charge in [0.25, 0.3) is 0 Å². The predicted octanol–water partition coefficient (Wildman–Crippen LogP) is 1.21. The number of nitrogen functional groups attached to an aromatic ring is 1. The van der Waals surface area contributed by atoms with Crippen LogP contribution in [0.3, 0.4) is 0 Å². The molecule has 0 bridgehead atoms. The lowest BCUT2D eigenvalue weighted by atomic mass is 10.3. The maximum absolute atomic E-state index is 12.9. The van der Waals surface area contributed by atoms with Gasteiger partial charge in [-0.2, -0.15) is 0 Å². The average molecular weight is 195 g/mol. The van der Waals surface area contributed by atoms with Crippen LogP contribution in [0.2, 0.25) is 0 Å². The molecule has 4 heteroatoms. The number of hydrogen-bond acceptors (Lipinski definition) is 3. The van der Waals surface area contributed by atoms with Gasteiger partial charge in [-0.25, -0.2) is 4.39 Å². The molecular formula is C10H14FN3. The summed E-state index contributed by atoms with van der Waals surface area (Å²) in [5.74, 6) is 0. The van der Waals surface area contributed by atoms with E-state index in [-0.39, 0.29) is 0 Å². The number of alkyl halides is 1. The predicted molar refractivity (Wildman–Crippen MR) is 53.4 cm³/mol. The summed E-state index contributed by atoms with van der Waals surface area (Å²) in [4.78, 5) is 6.25. The number of halogens is 1.